The Labute approximate surface area is 68.3 Å². The Morgan fingerprint density at radius 1 is 1.67 bits per heavy atom. The van der Waals surface area contributed by atoms with Crippen molar-refractivity contribution in [2.24, 2.45) is 0 Å². The van der Waals surface area contributed by atoms with Gasteiger partial charge in [-0.15, -0.1) is 0 Å². The van der Waals surface area contributed by atoms with Crippen molar-refractivity contribution >= 4 is 11.8 Å². The lowest BCUT2D eigenvalue weighted by atomic mass is 10.3. The van der Waals surface area contributed by atoms with E-state index in [1.54, 1.807) is 0 Å². The first kappa shape index (κ1) is 8.01. The Hall–Kier alpha value is -2.09. The van der Waals surface area contributed by atoms with Crippen LogP contribution in [0.15, 0.2) is 18.5 Å². The van der Waals surface area contributed by atoms with Gasteiger partial charge in [-0.2, -0.15) is 5.26 Å². The summed E-state index contributed by atoms with van der Waals surface area (Å²) >= 11 is 0. The number of nitrogens with one attached hydrogen (secondary N) is 1. The highest BCUT2D eigenvalue weighted by Crippen LogP contribution is 2.06. The zero-order chi connectivity index (χ0) is 8.97. The maximum absolute atomic E-state index is 10.1. The van der Waals surface area contributed by atoms with Crippen LogP contribution in [0.25, 0.3) is 0 Å². The molecule has 0 aliphatic heterocycles. The lowest BCUT2D eigenvalue weighted by Crippen LogP contribution is -2.07. The van der Waals surface area contributed by atoms with Crippen LogP contribution in [0.1, 0.15) is 5.56 Å². The summed E-state index contributed by atoms with van der Waals surface area (Å²) < 4.78 is 0. The summed E-state index contributed by atoms with van der Waals surface area (Å²) in [6, 6.07) is 3.25. The van der Waals surface area contributed by atoms with Crippen LogP contribution >= 0.6 is 0 Å². The van der Waals surface area contributed by atoms with Gasteiger partial charge in [0.15, 0.2) is 0 Å². The van der Waals surface area contributed by atoms with E-state index in [-0.39, 0.29) is 0 Å². The first-order valence-corrected chi connectivity index (χ1v) is 3.07. The molecule has 0 bridgehead atoms. The van der Waals surface area contributed by atoms with E-state index >= 15 is 0 Å². The quantitative estimate of drug-likeness (QED) is 0.647. The fourth-order valence-corrected chi connectivity index (χ4v) is 0.693. The lowest BCUT2D eigenvalue weighted by Gasteiger charge is -1.98. The van der Waals surface area contributed by atoms with E-state index < -0.39 is 6.09 Å². The largest absolute Gasteiger partial charge is 0.465 e. The van der Waals surface area contributed by atoms with Gasteiger partial charge in [0.2, 0.25) is 0 Å². The van der Waals surface area contributed by atoms with Crippen LogP contribution in [-0.2, 0) is 0 Å². The molecule has 0 aliphatic carbocycles. The number of nitrogens with zero attached hydrogens (tertiary/aromatic N) is 2. The number of rotatable bonds is 1. The number of hydrogen-bond donors (Lipinski definition) is 2. The van der Waals surface area contributed by atoms with Crippen LogP contribution in [0.4, 0.5) is 10.5 Å². The van der Waals surface area contributed by atoms with E-state index in [2.05, 4.69) is 10.3 Å². The average Bonchev–Trinajstić information content (AvgIpc) is 2.03. The summed E-state index contributed by atoms with van der Waals surface area (Å²) in [5, 5.41) is 18.8. The van der Waals surface area contributed by atoms with Crippen molar-refractivity contribution in [1.29, 1.82) is 5.26 Å². The minimum absolute atomic E-state index is 0.293. The molecule has 0 radical (unpaired) electrons. The number of amides is 1. The summed E-state index contributed by atoms with van der Waals surface area (Å²) in [4.78, 5) is 13.8. The third-order valence-corrected chi connectivity index (χ3v) is 1.12. The normalized spacial score (nSPS) is 8.58. The summed E-state index contributed by atoms with van der Waals surface area (Å²) in [5.74, 6) is 0. The minimum Gasteiger partial charge on any atom is -0.465 e. The van der Waals surface area contributed by atoms with Gasteiger partial charge in [0, 0.05) is 6.20 Å². The SMILES string of the molecule is N#Cc1cncc(NC(=O)O)c1. The minimum atomic E-state index is -1.17. The number of pyridine rings is 1. The molecule has 0 saturated heterocycles. The highest BCUT2D eigenvalue weighted by molar-refractivity contribution is 5.82. The Bertz CT molecular complexity index is 343. The van der Waals surface area contributed by atoms with Gasteiger partial charge in [-0.05, 0) is 6.07 Å². The smallest absolute Gasteiger partial charge is 0.409 e. The number of nitriles is 1. The second kappa shape index (κ2) is 3.34. The monoisotopic (exact) mass is 163 g/mol. The summed E-state index contributed by atoms with van der Waals surface area (Å²) in [5.41, 5.74) is 0.614. The lowest BCUT2D eigenvalue weighted by molar-refractivity contribution is 0.209. The fourth-order valence-electron chi connectivity index (χ4n) is 0.693. The summed E-state index contributed by atoms with van der Waals surface area (Å²) in [6.07, 6.45) is 1.51. The second-order valence-electron chi connectivity index (χ2n) is 2.00. The molecule has 60 valence electrons. The van der Waals surface area contributed by atoms with E-state index in [1.165, 1.54) is 18.5 Å². The molecule has 1 rings (SSSR count). The van der Waals surface area contributed by atoms with Crippen molar-refractivity contribution in [1.82, 2.24) is 4.98 Å². The molecular formula is C7H5N3O2. The van der Waals surface area contributed by atoms with E-state index in [1.807, 2.05) is 6.07 Å². The molecule has 0 unspecified atom stereocenters. The number of carbonyl (C=O) groups is 1. The average molecular weight is 163 g/mol. The topological polar surface area (TPSA) is 86.0 Å². The molecule has 0 saturated carbocycles. The molecule has 0 spiro atoms. The van der Waals surface area contributed by atoms with Gasteiger partial charge < -0.3 is 5.11 Å². The maximum atomic E-state index is 10.1. The van der Waals surface area contributed by atoms with E-state index in [0.717, 1.165) is 0 Å². The molecule has 0 aliphatic rings. The molecule has 0 fully saturated rings. The van der Waals surface area contributed by atoms with Crippen LogP contribution in [0.2, 0.25) is 0 Å². The first-order valence-electron chi connectivity index (χ1n) is 3.07. The van der Waals surface area contributed by atoms with Crippen molar-refractivity contribution < 1.29 is 9.90 Å². The Morgan fingerprint density at radius 2 is 2.42 bits per heavy atom. The number of hydrogen-bond acceptors (Lipinski definition) is 3. The first-order chi connectivity index (χ1) is 5.72. The van der Waals surface area contributed by atoms with Crippen molar-refractivity contribution in [3.05, 3.63) is 24.0 Å². The van der Waals surface area contributed by atoms with Gasteiger partial charge in [0.25, 0.3) is 0 Å². The van der Waals surface area contributed by atoms with Crippen LogP contribution in [0.5, 0.6) is 0 Å². The molecule has 2 N–H and O–H groups in total. The highest BCUT2D eigenvalue weighted by atomic mass is 16.4. The van der Waals surface area contributed by atoms with Crippen molar-refractivity contribution in [2.45, 2.75) is 0 Å². The molecule has 5 heteroatoms. The Balaban J connectivity index is 2.88. The number of anilines is 1. The van der Waals surface area contributed by atoms with Crippen molar-refractivity contribution in [2.75, 3.05) is 5.32 Å². The third-order valence-electron chi connectivity index (χ3n) is 1.12. The summed E-state index contributed by atoms with van der Waals surface area (Å²) in [7, 11) is 0. The standard InChI is InChI=1S/C7H5N3O2/c8-2-5-1-6(4-9-3-5)10-7(11)12/h1,3-4,10H,(H,11,12). The second-order valence-corrected chi connectivity index (χ2v) is 2.00. The third kappa shape index (κ3) is 1.95. The van der Waals surface area contributed by atoms with E-state index in [9.17, 15) is 4.79 Å². The molecule has 1 aromatic rings. The van der Waals surface area contributed by atoms with Gasteiger partial charge in [-0.1, -0.05) is 0 Å². The van der Waals surface area contributed by atoms with Gasteiger partial charge in [-0.3, -0.25) is 10.3 Å². The number of carboxylic acid groups (broad SMARTS) is 1. The highest BCUT2D eigenvalue weighted by Gasteiger charge is 1.98. The van der Waals surface area contributed by atoms with E-state index in [0.29, 0.717) is 11.3 Å². The molecule has 0 atom stereocenters. The maximum Gasteiger partial charge on any atom is 0.409 e. The zero-order valence-electron chi connectivity index (χ0n) is 5.98. The molecule has 12 heavy (non-hydrogen) atoms. The van der Waals surface area contributed by atoms with Crippen LogP contribution in [0, 0.1) is 11.3 Å². The van der Waals surface area contributed by atoms with Gasteiger partial charge in [0.05, 0.1) is 17.4 Å². The van der Waals surface area contributed by atoms with Gasteiger partial charge in [-0.25, -0.2) is 4.79 Å². The molecule has 1 amide bonds. The molecule has 5 nitrogen and oxygen atoms in total. The van der Waals surface area contributed by atoms with Gasteiger partial charge in [0.1, 0.15) is 6.07 Å². The molecule has 0 aromatic carbocycles. The van der Waals surface area contributed by atoms with Crippen molar-refractivity contribution in [3.63, 3.8) is 0 Å². The van der Waals surface area contributed by atoms with Crippen LogP contribution < -0.4 is 5.32 Å². The van der Waals surface area contributed by atoms with E-state index in [4.69, 9.17) is 10.4 Å². The molecule has 1 heterocycles. The predicted octanol–water partition coefficient (Wildman–Crippen LogP) is 1.04. The van der Waals surface area contributed by atoms with Crippen molar-refractivity contribution in [3.8, 4) is 6.07 Å². The number of aromatic nitrogens is 1. The van der Waals surface area contributed by atoms with Gasteiger partial charge >= 0.3 is 6.09 Å². The Kier molecular flexibility index (Phi) is 2.23. The summed E-state index contributed by atoms with van der Waals surface area (Å²) in [6.45, 7) is 0. The predicted molar refractivity (Wildman–Crippen MR) is 40.6 cm³/mol. The molecule has 1 aromatic heterocycles. The van der Waals surface area contributed by atoms with Crippen LogP contribution in [-0.4, -0.2) is 16.2 Å². The van der Waals surface area contributed by atoms with Crippen LogP contribution in [0.3, 0.4) is 0 Å². The molecular weight excluding hydrogens is 158 g/mol. The Morgan fingerprint density at radius 3 is 3.00 bits per heavy atom. The zero-order valence-corrected chi connectivity index (χ0v) is 5.98. The fraction of sp³-hybridized carbons (Fsp3) is 0.